The van der Waals surface area contributed by atoms with Crippen LogP contribution in [0.4, 0.5) is 0 Å². The van der Waals surface area contributed by atoms with E-state index in [9.17, 15) is 30.0 Å². The third kappa shape index (κ3) is 35.6. The minimum Gasteiger partial charge on any atom is -0.462 e. The summed E-state index contributed by atoms with van der Waals surface area (Å²) in [6.45, 7) is 3.49. The van der Waals surface area contributed by atoms with E-state index in [1.54, 1.807) is 0 Å². The van der Waals surface area contributed by atoms with Crippen LogP contribution in [-0.4, -0.2) is 89.0 Å². The molecule has 0 saturated carbocycles. The number of carbonyl (C=O) groups is 2. The molecule has 1 aliphatic heterocycles. The fourth-order valence-electron chi connectivity index (χ4n) is 8.72. The van der Waals surface area contributed by atoms with Crippen LogP contribution in [0.25, 0.3) is 0 Å². The summed E-state index contributed by atoms with van der Waals surface area (Å²) in [5.74, 6) is -0.784. The lowest BCUT2D eigenvalue weighted by Crippen LogP contribution is -2.59. The fraction of sp³-hybridized carbons (Fsp3) is 0.962. The van der Waals surface area contributed by atoms with Gasteiger partial charge in [0.25, 0.3) is 0 Å². The van der Waals surface area contributed by atoms with Gasteiger partial charge in [-0.25, -0.2) is 0 Å². The molecule has 1 heterocycles. The highest BCUT2D eigenvalue weighted by molar-refractivity contribution is 5.70. The molecule has 1 saturated heterocycles. The Hall–Kier alpha value is -1.30. The summed E-state index contributed by atoms with van der Waals surface area (Å²) in [5.41, 5.74) is 0. The zero-order valence-electron chi connectivity index (χ0n) is 41.1. The summed E-state index contributed by atoms with van der Waals surface area (Å²) in [4.78, 5) is 25.5. The van der Waals surface area contributed by atoms with Crippen molar-refractivity contribution in [2.24, 2.45) is 0 Å². The van der Waals surface area contributed by atoms with Crippen LogP contribution in [0.5, 0.6) is 0 Å². The van der Waals surface area contributed by atoms with E-state index in [1.807, 2.05) is 0 Å². The molecule has 0 aromatic rings. The van der Waals surface area contributed by atoms with Crippen LogP contribution in [-0.2, 0) is 28.5 Å². The lowest BCUT2D eigenvalue weighted by molar-refractivity contribution is -0.305. The Bertz CT molecular complexity index is 995. The molecule has 1 rings (SSSR count). The minimum absolute atomic E-state index is 0.208. The topological polar surface area (TPSA) is 152 Å². The zero-order chi connectivity index (χ0) is 45.9. The van der Waals surface area contributed by atoms with Crippen molar-refractivity contribution in [3.8, 4) is 0 Å². The van der Waals surface area contributed by atoms with Crippen molar-refractivity contribution in [1.82, 2.24) is 0 Å². The summed E-state index contributed by atoms with van der Waals surface area (Å²) in [6.07, 6.45) is 41.1. The highest BCUT2D eigenvalue weighted by Crippen LogP contribution is 2.23. The Morgan fingerprint density at radius 1 is 0.429 bits per heavy atom. The van der Waals surface area contributed by atoms with Crippen molar-refractivity contribution in [1.29, 1.82) is 0 Å². The fourth-order valence-corrected chi connectivity index (χ4v) is 8.72. The molecule has 1 fully saturated rings. The number of unbranched alkanes of at least 4 members (excludes halogenated alkanes) is 36. The van der Waals surface area contributed by atoms with Crippen LogP contribution in [0.1, 0.15) is 271 Å². The lowest BCUT2D eigenvalue weighted by Gasteiger charge is -2.39. The molecule has 0 bridgehead atoms. The van der Waals surface area contributed by atoms with E-state index in [4.69, 9.17) is 18.9 Å². The highest BCUT2D eigenvalue weighted by atomic mass is 16.7. The van der Waals surface area contributed by atoms with Crippen molar-refractivity contribution in [3.05, 3.63) is 0 Å². The smallest absolute Gasteiger partial charge is 0.306 e. The van der Waals surface area contributed by atoms with E-state index < -0.39 is 49.4 Å². The van der Waals surface area contributed by atoms with Gasteiger partial charge in [-0.05, 0) is 12.8 Å². The second-order valence-corrected chi connectivity index (χ2v) is 19.1. The standard InChI is InChI=1S/C53H102O10/c1-3-5-7-9-11-13-15-17-19-21-22-23-24-25-26-28-30-32-34-36-38-40-42-49(56)62-46(45-61-53-52(59)51(58)50(57)47(43-54)63-53)44-60-48(55)41-39-37-35-33-31-29-27-20-18-16-14-12-10-8-6-4-2/h46-47,50-54,57-59H,3-45H2,1-2H3. The number of esters is 2. The van der Waals surface area contributed by atoms with E-state index in [0.29, 0.717) is 6.42 Å². The Morgan fingerprint density at radius 3 is 1.08 bits per heavy atom. The molecule has 0 radical (unpaired) electrons. The maximum absolute atomic E-state index is 12.8. The van der Waals surface area contributed by atoms with Gasteiger partial charge in [0.1, 0.15) is 31.0 Å². The summed E-state index contributed by atoms with van der Waals surface area (Å²) in [7, 11) is 0. The van der Waals surface area contributed by atoms with Crippen LogP contribution in [0.3, 0.4) is 0 Å². The van der Waals surface area contributed by atoms with Gasteiger partial charge in [0.2, 0.25) is 0 Å². The highest BCUT2D eigenvalue weighted by Gasteiger charge is 2.44. The van der Waals surface area contributed by atoms with Crippen LogP contribution in [0.2, 0.25) is 0 Å². The number of ether oxygens (including phenoxy) is 4. The van der Waals surface area contributed by atoms with Crippen LogP contribution >= 0.6 is 0 Å². The van der Waals surface area contributed by atoms with Gasteiger partial charge in [0.05, 0.1) is 13.2 Å². The van der Waals surface area contributed by atoms with Crippen molar-refractivity contribution < 1.29 is 49.0 Å². The Morgan fingerprint density at radius 2 is 0.746 bits per heavy atom. The van der Waals surface area contributed by atoms with Crippen molar-refractivity contribution in [2.75, 3.05) is 19.8 Å². The first-order chi connectivity index (χ1) is 30.8. The molecule has 0 aromatic heterocycles. The molecule has 0 aromatic carbocycles. The molecule has 0 spiro atoms. The average molecular weight is 899 g/mol. The number of hydrogen-bond acceptors (Lipinski definition) is 10. The zero-order valence-corrected chi connectivity index (χ0v) is 41.1. The number of carbonyl (C=O) groups excluding carboxylic acids is 2. The molecule has 6 atom stereocenters. The van der Waals surface area contributed by atoms with Crippen LogP contribution in [0.15, 0.2) is 0 Å². The first-order valence-corrected chi connectivity index (χ1v) is 27.1. The molecular formula is C53H102O10. The van der Waals surface area contributed by atoms with Gasteiger partial charge in [-0.3, -0.25) is 9.59 Å². The second kappa shape index (κ2) is 44.5. The second-order valence-electron chi connectivity index (χ2n) is 19.1. The first kappa shape index (κ1) is 59.7. The SMILES string of the molecule is CCCCCCCCCCCCCCCCCCCCCCCCC(=O)OC(COC(=O)CCCCCCCCCCCCCCCCCC)COC1OC(CO)C(O)C(O)C1O. The number of rotatable bonds is 47. The van der Waals surface area contributed by atoms with Crippen molar-refractivity contribution >= 4 is 11.9 Å². The van der Waals surface area contributed by atoms with Gasteiger partial charge in [0.15, 0.2) is 12.4 Å². The minimum atomic E-state index is -1.59. The van der Waals surface area contributed by atoms with Gasteiger partial charge in [-0.2, -0.15) is 0 Å². The normalized spacial score (nSPS) is 19.4. The van der Waals surface area contributed by atoms with Gasteiger partial charge < -0.3 is 39.4 Å². The first-order valence-electron chi connectivity index (χ1n) is 27.1. The monoisotopic (exact) mass is 899 g/mol. The van der Waals surface area contributed by atoms with Gasteiger partial charge in [0, 0.05) is 12.8 Å². The molecule has 63 heavy (non-hydrogen) atoms. The molecule has 374 valence electrons. The molecular weight excluding hydrogens is 797 g/mol. The maximum atomic E-state index is 12.8. The van der Waals surface area contributed by atoms with Crippen LogP contribution < -0.4 is 0 Å². The molecule has 0 aliphatic carbocycles. The third-order valence-corrected chi connectivity index (χ3v) is 13.0. The average Bonchev–Trinajstić information content (AvgIpc) is 3.28. The molecule has 10 heteroatoms. The van der Waals surface area contributed by atoms with Crippen molar-refractivity contribution in [2.45, 2.75) is 307 Å². The number of aliphatic hydroxyl groups excluding tert-OH is 4. The van der Waals surface area contributed by atoms with E-state index in [1.165, 1.54) is 205 Å². The molecule has 1 aliphatic rings. The summed E-state index contributed by atoms with van der Waals surface area (Å²) in [6, 6.07) is 0. The molecule has 6 unspecified atom stereocenters. The van der Waals surface area contributed by atoms with E-state index in [-0.39, 0.29) is 32.0 Å². The Kier molecular flexibility index (Phi) is 42.2. The largest absolute Gasteiger partial charge is 0.462 e. The number of hydrogen-bond donors (Lipinski definition) is 4. The van der Waals surface area contributed by atoms with E-state index in [0.717, 1.165) is 32.1 Å². The molecule has 10 nitrogen and oxygen atoms in total. The third-order valence-electron chi connectivity index (χ3n) is 13.0. The van der Waals surface area contributed by atoms with Gasteiger partial charge in [-0.1, -0.05) is 245 Å². The van der Waals surface area contributed by atoms with Crippen LogP contribution in [0, 0.1) is 0 Å². The van der Waals surface area contributed by atoms with Gasteiger partial charge >= 0.3 is 11.9 Å². The Balaban J connectivity index is 2.21. The van der Waals surface area contributed by atoms with Crippen molar-refractivity contribution in [3.63, 3.8) is 0 Å². The summed E-state index contributed by atoms with van der Waals surface area (Å²) >= 11 is 0. The summed E-state index contributed by atoms with van der Waals surface area (Å²) in [5, 5.41) is 40.2. The number of aliphatic hydroxyl groups is 4. The molecule has 4 N–H and O–H groups in total. The quantitative estimate of drug-likeness (QED) is 0.0343. The predicted octanol–water partition coefficient (Wildman–Crippen LogP) is 12.9. The molecule has 0 amide bonds. The predicted molar refractivity (Wildman–Crippen MR) is 257 cm³/mol. The summed E-state index contributed by atoms with van der Waals surface area (Å²) < 4.78 is 22.3. The van der Waals surface area contributed by atoms with E-state index in [2.05, 4.69) is 13.8 Å². The Labute approximate surface area is 387 Å². The maximum Gasteiger partial charge on any atom is 0.306 e. The lowest BCUT2D eigenvalue weighted by atomic mass is 9.99. The van der Waals surface area contributed by atoms with Gasteiger partial charge in [-0.15, -0.1) is 0 Å². The van der Waals surface area contributed by atoms with E-state index >= 15 is 0 Å².